The molecule has 0 aromatic heterocycles. The van der Waals surface area contributed by atoms with E-state index in [4.69, 9.17) is 0 Å². The van der Waals surface area contributed by atoms with Gasteiger partial charge in [-0.25, -0.2) is 0 Å². The van der Waals surface area contributed by atoms with Crippen molar-refractivity contribution >= 4 is 86.0 Å². The number of fused-ring (bicyclic) bond motifs is 6. The van der Waals surface area contributed by atoms with Crippen molar-refractivity contribution in [2.45, 2.75) is 52.4 Å². The van der Waals surface area contributed by atoms with Crippen LogP contribution >= 0.6 is 0 Å². The van der Waals surface area contributed by atoms with Gasteiger partial charge < -0.3 is 9.80 Å². The first-order valence-electron chi connectivity index (χ1n) is 19.4. The molecular formula is C50H45BN2Si. The molecule has 4 heteroatoms. The molecule has 0 N–H and O–H groups in total. The van der Waals surface area contributed by atoms with Gasteiger partial charge in [0.25, 0.3) is 6.71 Å². The summed E-state index contributed by atoms with van der Waals surface area (Å²) in [7, 11) is -2.76. The first-order valence-corrected chi connectivity index (χ1v) is 21.4. The van der Waals surface area contributed by atoms with Crippen LogP contribution in [0.25, 0.3) is 0 Å². The molecule has 0 aliphatic carbocycles. The van der Waals surface area contributed by atoms with E-state index in [9.17, 15) is 0 Å². The molecule has 54 heavy (non-hydrogen) atoms. The lowest BCUT2D eigenvalue weighted by Crippen LogP contribution is -2.79. The van der Waals surface area contributed by atoms with Crippen molar-refractivity contribution in [3.63, 3.8) is 0 Å². The predicted molar refractivity (Wildman–Crippen MR) is 235 cm³/mol. The molecule has 0 unspecified atom stereocenters. The normalized spacial score (nSPS) is 14.9. The number of anilines is 6. The highest BCUT2D eigenvalue weighted by atomic mass is 28.3. The summed E-state index contributed by atoms with van der Waals surface area (Å²) in [6.07, 6.45) is 0. The average Bonchev–Trinajstić information content (AvgIpc) is 3.19. The molecule has 0 saturated heterocycles. The van der Waals surface area contributed by atoms with Gasteiger partial charge in [0.1, 0.15) is 0 Å². The molecule has 7 aromatic rings. The second kappa shape index (κ2) is 11.7. The zero-order valence-corrected chi connectivity index (χ0v) is 33.1. The maximum atomic E-state index is 2.63. The van der Waals surface area contributed by atoms with Gasteiger partial charge in [-0.1, -0.05) is 169 Å². The van der Waals surface area contributed by atoms with Crippen LogP contribution in [0.3, 0.4) is 0 Å². The van der Waals surface area contributed by atoms with E-state index in [2.05, 4.69) is 215 Å². The smallest absolute Gasteiger partial charge is 0.252 e. The molecular weight excluding hydrogens is 667 g/mol. The van der Waals surface area contributed by atoms with Crippen LogP contribution in [0.15, 0.2) is 164 Å². The van der Waals surface area contributed by atoms with Gasteiger partial charge in [-0.15, -0.1) is 0 Å². The van der Waals surface area contributed by atoms with Crippen molar-refractivity contribution < 1.29 is 0 Å². The highest BCUT2D eigenvalue weighted by Crippen LogP contribution is 2.45. The first kappa shape index (κ1) is 33.0. The fourth-order valence-corrected chi connectivity index (χ4v) is 14.8. The number of para-hydroxylation sites is 2. The Labute approximate surface area is 321 Å². The lowest BCUT2D eigenvalue weighted by Gasteiger charge is -2.50. The molecule has 0 amide bonds. The number of hydrogen-bond donors (Lipinski definition) is 0. The van der Waals surface area contributed by atoms with Gasteiger partial charge in [0.15, 0.2) is 8.07 Å². The van der Waals surface area contributed by atoms with Gasteiger partial charge in [0.05, 0.1) is 0 Å². The fourth-order valence-electron chi connectivity index (χ4n) is 9.69. The Morgan fingerprint density at radius 2 is 0.963 bits per heavy atom. The zero-order valence-electron chi connectivity index (χ0n) is 32.1. The number of hydrogen-bond acceptors (Lipinski definition) is 2. The molecule has 3 aliphatic heterocycles. The van der Waals surface area contributed by atoms with Gasteiger partial charge in [-0.05, 0) is 95.5 Å². The van der Waals surface area contributed by atoms with Gasteiger partial charge in [-0.2, -0.15) is 0 Å². The van der Waals surface area contributed by atoms with E-state index in [-0.39, 0.29) is 17.5 Å². The van der Waals surface area contributed by atoms with Crippen LogP contribution < -0.4 is 46.9 Å². The summed E-state index contributed by atoms with van der Waals surface area (Å²) in [5.41, 5.74) is 14.6. The van der Waals surface area contributed by atoms with Gasteiger partial charge in [0, 0.05) is 34.1 Å². The van der Waals surface area contributed by atoms with E-state index in [0.29, 0.717) is 0 Å². The summed E-state index contributed by atoms with van der Waals surface area (Å²) in [5.74, 6) is 0. The lowest BCUT2D eigenvalue weighted by molar-refractivity contribution is 0.590. The van der Waals surface area contributed by atoms with Crippen LogP contribution in [0.4, 0.5) is 34.1 Å². The Balaban J connectivity index is 1.32. The Hall–Kier alpha value is -5.58. The van der Waals surface area contributed by atoms with E-state index in [1.165, 1.54) is 82.4 Å². The summed E-state index contributed by atoms with van der Waals surface area (Å²) in [6.45, 7) is 14.0. The number of benzene rings is 7. The maximum Gasteiger partial charge on any atom is 0.252 e. The Bertz CT molecular complexity index is 2540. The van der Waals surface area contributed by atoms with Gasteiger partial charge in [0.2, 0.25) is 0 Å². The molecule has 7 aromatic carbocycles. The van der Waals surface area contributed by atoms with Crippen LogP contribution in [-0.4, -0.2) is 14.8 Å². The quantitative estimate of drug-likeness (QED) is 0.171. The molecule has 0 bridgehead atoms. The highest BCUT2D eigenvalue weighted by molar-refractivity contribution is 7.22. The van der Waals surface area contributed by atoms with E-state index in [1.54, 1.807) is 0 Å². The average molecular weight is 713 g/mol. The van der Waals surface area contributed by atoms with Crippen molar-refractivity contribution in [2.24, 2.45) is 0 Å². The van der Waals surface area contributed by atoms with E-state index in [1.807, 2.05) is 0 Å². The van der Waals surface area contributed by atoms with Crippen LogP contribution in [0.5, 0.6) is 0 Å². The summed E-state index contributed by atoms with van der Waals surface area (Å²) < 4.78 is 0. The van der Waals surface area contributed by atoms with Crippen LogP contribution in [0.1, 0.15) is 52.7 Å². The Kier molecular flexibility index (Phi) is 7.16. The SMILES string of the molecule is CC(C)(C)c1ccc(N2c3ccc(C(C)(C)C)cc3B3c4cccc5c4N(c4ccccc4[Si]5(c4ccccc4)c4ccccc4)c4cccc2c43)cc1. The molecule has 0 saturated carbocycles. The van der Waals surface area contributed by atoms with Crippen molar-refractivity contribution in [3.8, 4) is 0 Å². The summed E-state index contributed by atoms with van der Waals surface area (Å²) in [5, 5.41) is 5.73. The molecule has 0 radical (unpaired) electrons. The molecule has 0 spiro atoms. The molecule has 2 nitrogen and oxygen atoms in total. The third-order valence-electron chi connectivity index (χ3n) is 12.2. The largest absolute Gasteiger partial charge is 0.312 e. The van der Waals surface area contributed by atoms with Crippen molar-refractivity contribution in [1.82, 2.24) is 0 Å². The summed E-state index contributed by atoms with van der Waals surface area (Å²) in [6, 6.07) is 62.9. The summed E-state index contributed by atoms with van der Waals surface area (Å²) >= 11 is 0. The molecule has 10 rings (SSSR count). The standard InChI is InChI=1S/C50H45BN2Si/c1-49(2,3)34-27-30-36(31-28-34)52-41-32-29-35(50(4,5)6)33-40(41)51-39-21-15-26-46-48(39)53(44-24-16-23-43(52)47(44)51)42-22-13-14-25-45(42)54(46,37-17-9-7-10-18-37)38-19-11-8-12-20-38/h7-33H,1-6H3. The van der Waals surface area contributed by atoms with Crippen LogP contribution in [0, 0.1) is 0 Å². The predicted octanol–water partition coefficient (Wildman–Crippen LogP) is 8.06. The maximum absolute atomic E-state index is 2.76. The minimum atomic E-state index is -2.76. The third kappa shape index (κ3) is 4.59. The Morgan fingerprint density at radius 1 is 0.426 bits per heavy atom. The highest BCUT2D eigenvalue weighted by Gasteiger charge is 2.53. The first-order chi connectivity index (χ1) is 26.1. The summed E-state index contributed by atoms with van der Waals surface area (Å²) in [4.78, 5) is 5.16. The molecule has 0 fully saturated rings. The second-order valence-electron chi connectivity index (χ2n) is 17.4. The zero-order chi connectivity index (χ0) is 37.0. The molecule has 262 valence electrons. The van der Waals surface area contributed by atoms with E-state index in [0.717, 1.165) is 0 Å². The molecule has 3 aliphatic rings. The topological polar surface area (TPSA) is 6.48 Å². The number of nitrogens with zero attached hydrogens (tertiary/aromatic N) is 2. The van der Waals surface area contributed by atoms with Crippen molar-refractivity contribution in [1.29, 1.82) is 0 Å². The fraction of sp³-hybridized carbons (Fsp3) is 0.160. The van der Waals surface area contributed by atoms with E-state index < -0.39 is 8.07 Å². The van der Waals surface area contributed by atoms with Gasteiger partial charge in [-0.3, -0.25) is 0 Å². The minimum absolute atomic E-state index is 0.00640. The molecule has 0 atom stereocenters. The van der Waals surface area contributed by atoms with Crippen molar-refractivity contribution in [2.75, 3.05) is 9.80 Å². The lowest BCUT2D eigenvalue weighted by atomic mass is 9.33. The Morgan fingerprint density at radius 3 is 1.61 bits per heavy atom. The van der Waals surface area contributed by atoms with Crippen LogP contribution in [0.2, 0.25) is 0 Å². The second-order valence-corrected chi connectivity index (χ2v) is 21.1. The van der Waals surface area contributed by atoms with Crippen LogP contribution in [-0.2, 0) is 10.8 Å². The van der Waals surface area contributed by atoms with Gasteiger partial charge >= 0.3 is 0 Å². The monoisotopic (exact) mass is 712 g/mol. The van der Waals surface area contributed by atoms with Crippen molar-refractivity contribution in [3.05, 3.63) is 175 Å². The third-order valence-corrected chi connectivity index (χ3v) is 17.1. The minimum Gasteiger partial charge on any atom is -0.312 e. The number of rotatable bonds is 3. The van der Waals surface area contributed by atoms with E-state index >= 15 is 0 Å². The molecule has 3 heterocycles.